The molecule has 1 atom stereocenters. The summed E-state index contributed by atoms with van der Waals surface area (Å²) in [5, 5.41) is 0. The fourth-order valence-corrected chi connectivity index (χ4v) is 4.66. The van der Waals surface area contributed by atoms with Gasteiger partial charge in [0.05, 0.1) is 11.7 Å². The van der Waals surface area contributed by atoms with Crippen molar-refractivity contribution in [2.75, 3.05) is 44.2 Å². The van der Waals surface area contributed by atoms with E-state index >= 15 is 0 Å². The quantitative estimate of drug-likeness (QED) is 0.542. The van der Waals surface area contributed by atoms with Crippen LogP contribution in [0.4, 0.5) is 5.69 Å². The third kappa shape index (κ3) is 4.74. The van der Waals surface area contributed by atoms with Crippen molar-refractivity contribution < 1.29 is 14.3 Å². The van der Waals surface area contributed by atoms with Crippen molar-refractivity contribution in [2.45, 2.75) is 59.4 Å². The van der Waals surface area contributed by atoms with Crippen molar-refractivity contribution in [3.63, 3.8) is 0 Å². The first kappa shape index (κ1) is 21.6. The summed E-state index contributed by atoms with van der Waals surface area (Å²) < 4.78 is 5.56. The highest BCUT2D eigenvalue weighted by atomic mass is 16.5. The maximum absolute atomic E-state index is 13.0. The number of hydrogen-bond donors (Lipinski definition) is 0. The minimum atomic E-state index is -0.299. The fraction of sp³-hybridized carbons (Fsp3) is 0.652. The number of aryl methyl sites for hydroxylation is 2. The number of piperazine rings is 1. The highest BCUT2D eigenvalue weighted by Crippen LogP contribution is 2.34. The average molecular weight is 402 g/mol. The van der Waals surface area contributed by atoms with Gasteiger partial charge in [-0.05, 0) is 62.0 Å². The van der Waals surface area contributed by atoms with Crippen molar-refractivity contribution in [2.24, 2.45) is 0 Å². The molecule has 2 heterocycles. The smallest absolute Gasteiger partial charge is 0.308 e. The summed E-state index contributed by atoms with van der Waals surface area (Å²) in [5.41, 5.74) is 3.49. The number of ether oxygens (including phenoxy) is 1. The van der Waals surface area contributed by atoms with E-state index < -0.39 is 0 Å². The molecule has 1 aromatic rings. The first-order valence-corrected chi connectivity index (χ1v) is 11.1. The molecule has 2 aliphatic rings. The molecule has 0 spiro atoms. The van der Waals surface area contributed by atoms with Crippen LogP contribution in [0.1, 0.15) is 51.7 Å². The van der Waals surface area contributed by atoms with Crippen LogP contribution >= 0.6 is 0 Å². The van der Waals surface area contributed by atoms with E-state index in [9.17, 15) is 9.59 Å². The first-order valence-electron chi connectivity index (χ1n) is 11.1. The monoisotopic (exact) mass is 401 g/mol. The van der Waals surface area contributed by atoms with E-state index in [1.54, 1.807) is 0 Å². The van der Waals surface area contributed by atoms with Gasteiger partial charge in [0.2, 0.25) is 5.91 Å². The van der Waals surface area contributed by atoms with E-state index in [2.05, 4.69) is 36.6 Å². The second-order valence-electron chi connectivity index (χ2n) is 7.99. The molecule has 0 saturated carbocycles. The summed E-state index contributed by atoms with van der Waals surface area (Å²) in [4.78, 5) is 31.2. The van der Waals surface area contributed by atoms with Gasteiger partial charge >= 0.3 is 5.97 Å². The van der Waals surface area contributed by atoms with Gasteiger partial charge in [0.1, 0.15) is 0 Å². The maximum Gasteiger partial charge on any atom is 0.308 e. The molecule has 3 rings (SSSR count). The van der Waals surface area contributed by atoms with Crippen molar-refractivity contribution >= 4 is 17.6 Å². The van der Waals surface area contributed by atoms with Gasteiger partial charge in [-0.25, -0.2) is 0 Å². The maximum atomic E-state index is 13.0. The fourth-order valence-electron chi connectivity index (χ4n) is 4.66. The van der Waals surface area contributed by atoms with E-state index in [-0.39, 0.29) is 17.9 Å². The van der Waals surface area contributed by atoms with Crippen LogP contribution in [0.2, 0.25) is 0 Å². The van der Waals surface area contributed by atoms with Crippen LogP contribution in [-0.2, 0) is 22.4 Å². The number of esters is 1. The number of nitrogens with zero attached hydrogens (tertiary/aromatic N) is 3. The van der Waals surface area contributed by atoms with Gasteiger partial charge in [0.25, 0.3) is 0 Å². The molecule has 2 fully saturated rings. The largest absolute Gasteiger partial charge is 0.424 e. The molecular weight excluding hydrogens is 366 g/mol. The van der Waals surface area contributed by atoms with Crippen molar-refractivity contribution in [1.82, 2.24) is 9.80 Å². The third-order valence-corrected chi connectivity index (χ3v) is 6.28. The molecule has 0 unspecified atom stereocenters. The Balaban J connectivity index is 1.74. The molecule has 160 valence electrons. The van der Waals surface area contributed by atoms with Crippen molar-refractivity contribution in [1.29, 1.82) is 0 Å². The summed E-state index contributed by atoms with van der Waals surface area (Å²) in [6.45, 7) is 12.8. The van der Waals surface area contributed by atoms with Crippen LogP contribution in [0.15, 0.2) is 12.1 Å². The third-order valence-electron chi connectivity index (χ3n) is 6.28. The van der Waals surface area contributed by atoms with Gasteiger partial charge < -0.3 is 14.5 Å². The van der Waals surface area contributed by atoms with Crippen LogP contribution in [0.25, 0.3) is 0 Å². The molecule has 0 N–H and O–H groups in total. The molecule has 2 aliphatic heterocycles. The Bertz CT molecular complexity index is 741. The Kier molecular flexibility index (Phi) is 7.17. The molecule has 1 aromatic carbocycles. The zero-order chi connectivity index (χ0) is 21.0. The number of likely N-dealkylation sites (N-methyl/N-ethyl adjacent to an activating group) is 1. The average Bonchev–Trinajstić information content (AvgIpc) is 3.21. The van der Waals surface area contributed by atoms with E-state index in [0.717, 1.165) is 57.5 Å². The lowest BCUT2D eigenvalue weighted by molar-refractivity contribution is -0.136. The van der Waals surface area contributed by atoms with E-state index in [0.29, 0.717) is 18.8 Å². The number of hydrogen-bond acceptors (Lipinski definition) is 5. The Morgan fingerprint density at radius 3 is 2.24 bits per heavy atom. The number of carbonyl (C=O) groups excluding carboxylic acids is 2. The Labute approximate surface area is 174 Å². The molecular formula is C23H35N3O3. The molecule has 2 saturated heterocycles. The topological polar surface area (TPSA) is 53.1 Å². The van der Waals surface area contributed by atoms with Gasteiger partial charge in [-0.1, -0.05) is 20.8 Å². The Hall–Kier alpha value is -2.08. The number of rotatable bonds is 6. The molecule has 29 heavy (non-hydrogen) atoms. The SMILES string of the molecule is CCc1cc(OC(C)=O)c(N2CCN(C(=O)[C@@H]3CCCN3CC)CC2)cc1CC. The molecule has 0 aromatic heterocycles. The number of carbonyl (C=O) groups is 2. The summed E-state index contributed by atoms with van der Waals surface area (Å²) in [6, 6.07) is 4.24. The summed E-state index contributed by atoms with van der Waals surface area (Å²) in [5.74, 6) is 0.617. The van der Waals surface area contributed by atoms with Crippen LogP contribution in [0.5, 0.6) is 5.75 Å². The standard InChI is InChI=1S/C23H35N3O3/c1-5-18-15-21(22(29-17(4)27)16-19(18)6-2)25-11-13-26(14-12-25)23(28)20-9-8-10-24(20)7-3/h15-16,20H,5-14H2,1-4H3/t20-/m0/s1. The molecule has 1 amide bonds. The summed E-state index contributed by atoms with van der Waals surface area (Å²) in [7, 11) is 0. The first-order chi connectivity index (χ1) is 14.0. The molecule has 6 nitrogen and oxygen atoms in total. The van der Waals surface area contributed by atoms with Crippen LogP contribution in [0, 0.1) is 0 Å². The zero-order valence-corrected chi connectivity index (χ0v) is 18.4. The van der Waals surface area contributed by atoms with Crippen LogP contribution in [-0.4, -0.2) is 67.0 Å². The predicted octanol–water partition coefficient (Wildman–Crippen LogP) is 2.87. The van der Waals surface area contributed by atoms with Crippen molar-refractivity contribution in [3.05, 3.63) is 23.3 Å². The lowest BCUT2D eigenvalue weighted by Crippen LogP contribution is -2.53. The number of amides is 1. The lowest BCUT2D eigenvalue weighted by Gasteiger charge is -2.39. The number of anilines is 1. The minimum Gasteiger partial charge on any atom is -0.424 e. The predicted molar refractivity (Wildman–Crippen MR) is 116 cm³/mol. The Morgan fingerprint density at radius 2 is 1.66 bits per heavy atom. The van der Waals surface area contributed by atoms with Crippen molar-refractivity contribution in [3.8, 4) is 5.75 Å². The van der Waals surface area contributed by atoms with E-state index in [1.165, 1.54) is 18.1 Å². The summed E-state index contributed by atoms with van der Waals surface area (Å²) >= 11 is 0. The molecule has 0 bridgehead atoms. The Morgan fingerprint density at radius 1 is 1.00 bits per heavy atom. The lowest BCUT2D eigenvalue weighted by atomic mass is 10.0. The van der Waals surface area contributed by atoms with Gasteiger partial charge in [-0.3, -0.25) is 14.5 Å². The van der Waals surface area contributed by atoms with Gasteiger partial charge in [-0.2, -0.15) is 0 Å². The van der Waals surface area contributed by atoms with E-state index in [4.69, 9.17) is 4.74 Å². The summed E-state index contributed by atoms with van der Waals surface area (Å²) in [6.07, 6.45) is 3.94. The normalized spacial score (nSPS) is 20.2. The second-order valence-corrected chi connectivity index (χ2v) is 7.99. The van der Waals surface area contributed by atoms with Gasteiger partial charge in [-0.15, -0.1) is 0 Å². The minimum absolute atomic E-state index is 0.0543. The molecule has 6 heteroatoms. The van der Waals surface area contributed by atoms with Gasteiger partial charge in [0, 0.05) is 33.1 Å². The van der Waals surface area contributed by atoms with Crippen LogP contribution < -0.4 is 9.64 Å². The van der Waals surface area contributed by atoms with Gasteiger partial charge in [0.15, 0.2) is 5.75 Å². The number of benzene rings is 1. The number of likely N-dealkylation sites (tertiary alicyclic amines) is 1. The van der Waals surface area contributed by atoms with Crippen LogP contribution in [0.3, 0.4) is 0 Å². The highest BCUT2D eigenvalue weighted by Gasteiger charge is 2.34. The molecule has 0 aliphatic carbocycles. The molecule has 0 radical (unpaired) electrons. The van der Waals surface area contributed by atoms with E-state index in [1.807, 2.05) is 11.0 Å². The highest BCUT2D eigenvalue weighted by molar-refractivity contribution is 5.82. The zero-order valence-electron chi connectivity index (χ0n) is 18.4. The second kappa shape index (κ2) is 9.61.